The van der Waals surface area contributed by atoms with Crippen molar-refractivity contribution in [2.24, 2.45) is 0 Å². The number of nitrogens with one attached hydrogen (secondary N) is 1. The van der Waals surface area contributed by atoms with Crippen molar-refractivity contribution in [3.63, 3.8) is 0 Å². The van der Waals surface area contributed by atoms with Gasteiger partial charge in [-0.3, -0.25) is 14.4 Å². The number of hydrogen-bond donors (Lipinski definition) is 2. The number of halogens is 9. The summed E-state index contributed by atoms with van der Waals surface area (Å²) in [5.74, 6) is -0.935. The lowest BCUT2D eigenvalue weighted by Crippen LogP contribution is -2.25. The van der Waals surface area contributed by atoms with E-state index in [0.29, 0.717) is 98.4 Å². The molecule has 0 spiro atoms. The fourth-order valence-electron chi connectivity index (χ4n) is 8.47. The van der Waals surface area contributed by atoms with Crippen LogP contribution >= 0.6 is 0 Å². The molecule has 31 heteroatoms. The summed E-state index contributed by atoms with van der Waals surface area (Å²) in [6.07, 6.45) is -3.39. The molecule has 0 unspecified atom stereocenters. The van der Waals surface area contributed by atoms with Crippen LogP contribution in [0.5, 0.6) is 17.2 Å². The summed E-state index contributed by atoms with van der Waals surface area (Å²) in [6, 6.07) is 36.5. The fourth-order valence-corrected chi connectivity index (χ4v) is 8.47. The molecule has 0 saturated carbocycles. The highest BCUT2D eigenvalue weighted by molar-refractivity contribution is 5.85. The number of fused-ring (bicyclic) bond motifs is 3. The summed E-state index contributed by atoms with van der Waals surface area (Å²) in [4.78, 5) is 60.9. The minimum atomic E-state index is -4.75. The molecule has 0 aliphatic carbocycles. The molecule has 6 heterocycles. The molecule has 0 radical (unpaired) electrons. The standard InChI is InChI=1S/2C20H14F3N5O2.C14H8F3N3O2.C6H8N2O.CH4/c2*21-20(22,23)30-16-4-1-13(2-5-16)14-3-6-18-17(11-14)19(29)28(27-26-18)10-8-15-7-9-24-12-25-15;15-14(16,17)22-10-4-1-8(2-5-10)9-3-6-12-11(7-9)13(21)19-20-18-12;9-4-2-6-1-3-7-5-8-6;/h2*1-7,9,11-12H,8,10H2;1-7H,(H,18,19,21);1,3,5,9H,2,4H2;1H4. The van der Waals surface area contributed by atoms with Crippen molar-refractivity contribution in [3.8, 4) is 50.6 Å². The largest absolute Gasteiger partial charge is 0.573 e. The molecule has 22 nitrogen and oxygen atoms in total. The number of H-pyrrole nitrogens is 1. The third kappa shape index (κ3) is 19.0. The first kappa shape index (κ1) is 66.5. The molecular formula is C61H48F9N15O7. The molecule has 0 atom stereocenters. The number of aromatic nitrogens is 15. The van der Waals surface area contributed by atoms with E-state index < -0.39 is 19.1 Å². The molecule has 0 fully saturated rings. The van der Waals surface area contributed by atoms with Gasteiger partial charge < -0.3 is 19.3 Å². The number of aromatic amines is 1. The molecule has 12 rings (SSSR count). The van der Waals surface area contributed by atoms with Crippen molar-refractivity contribution in [1.82, 2.24) is 75.3 Å². The van der Waals surface area contributed by atoms with Crippen molar-refractivity contribution < 1.29 is 58.8 Å². The Hall–Kier alpha value is -11.5. The summed E-state index contributed by atoms with van der Waals surface area (Å²) >= 11 is 0. The Morgan fingerprint density at radius 2 is 0.739 bits per heavy atom. The number of ether oxygens (including phenoxy) is 3. The Morgan fingerprint density at radius 3 is 1.07 bits per heavy atom. The summed E-state index contributed by atoms with van der Waals surface area (Å²) in [5.41, 5.74) is 6.62. The third-order valence-electron chi connectivity index (χ3n) is 12.7. The maximum atomic E-state index is 12.8. The van der Waals surface area contributed by atoms with Gasteiger partial charge in [0.15, 0.2) is 0 Å². The Kier molecular flexibility index (Phi) is 21.8. The first-order valence-corrected chi connectivity index (χ1v) is 26.7. The quantitative estimate of drug-likeness (QED) is 0.0957. The third-order valence-corrected chi connectivity index (χ3v) is 12.7. The van der Waals surface area contributed by atoms with Gasteiger partial charge in [-0.1, -0.05) is 77.7 Å². The second-order valence-electron chi connectivity index (χ2n) is 18.9. The highest BCUT2D eigenvalue weighted by Crippen LogP contribution is 2.31. The van der Waals surface area contributed by atoms with Crippen LogP contribution < -0.4 is 30.9 Å². The molecule has 2 N–H and O–H groups in total. The average molecular weight is 1270 g/mol. The summed E-state index contributed by atoms with van der Waals surface area (Å²) in [6.45, 7) is 0.746. The van der Waals surface area contributed by atoms with Gasteiger partial charge in [0.05, 0.1) is 29.2 Å². The number of hydrogen-bond acceptors (Lipinski definition) is 19. The van der Waals surface area contributed by atoms with E-state index >= 15 is 0 Å². The number of aliphatic hydroxyl groups is 1. The highest BCUT2D eigenvalue weighted by Gasteiger charge is 2.32. The van der Waals surface area contributed by atoms with E-state index in [1.165, 1.54) is 101 Å². The predicted molar refractivity (Wildman–Crippen MR) is 315 cm³/mol. The molecule has 472 valence electrons. The number of aliphatic hydroxyl groups excluding tert-OH is 1. The molecule has 0 bridgehead atoms. The first-order chi connectivity index (χ1) is 43.6. The molecule has 0 saturated heterocycles. The molecule has 12 aromatic rings. The minimum Gasteiger partial charge on any atom is -0.406 e. The fraction of sp³-hybridized carbons (Fsp3) is 0.164. The van der Waals surface area contributed by atoms with Crippen LogP contribution in [0.1, 0.15) is 24.5 Å². The normalized spacial score (nSPS) is 11.2. The number of rotatable bonds is 14. The monoisotopic (exact) mass is 1270 g/mol. The maximum absolute atomic E-state index is 12.8. The van der Waals surface area contributed by atoms with Crippen molar-refractivity contribution in [3.05, 3.63) is 231 Å². The number of nitrogens with zero attached hydrogens (tertiary/aromatic N) is 14. The zero-order chi connectivity index (χ0) is 64.5. The van der Waals surface area contributed by atoms with E-state index in [0.717, 1.165) is 17.1 Å². The van der Waals surface area contributed by atoms with Gasteiger partial charge in [-0.05, 0) is 124 Å². The van der Waals surface area contributed by atoms with Crippen LogP contribution in [0, 0.1) is 0 Å². The molecule has 6 aromatic carbocycles. The molecule has 0 aliphatic rings. The van der Waals surface area contributed by atoms with E-state index in [1.54, 1.807) is 91.4 Å². The van der Waals surface area contributed by atoms with E-state index in [-0.39, 0.29) is 48.0 Å². The van der Waals surface area contributed by atoms with Gasteiger partial charge in [0.25, 0.3) is 16.7 Å². The van der Waals surface area contributed by atoms with E-state index in [9.17, 15) is 53.9 Å². The van der Waals surface area contributed by atoms with Crippen molar-refractivity contribution >= 4 is 32.7 Å². The summed E-state index contributed by atoms with van der Waals surface area (Å²) in [5, 5.41) is 35.1. The van der Waals surface area contributed by atoms with Gasteiger partial charge in [0, 0.05) is 61.5 Å². The molecule has 6 aromatic heterocycles. The van der Waals surface area contributed by atoms with Gasteiger partial charge in [-0.2, -0.15) is 0 Å². The second-order valence-corrected chi connectivity index (χ2v) is 18.9. The molecule has 0 aliphatic heterocycles. The van der Waals surface area contributed by atoms with Crippen LogP contribution in [0.3, 0.4) is 0 Å². The average Bonchev–Trinajstić information content (AvgIpc) is 0.818. The first-order valence-electron chi connectivity index (χ1n) is 26.7. The van der Waals surface area contributed by atoms with Crippen LogP contribution in [0.4, 0.5) is 39.5 Å². The van der Waals surface area contributed by atoms with Gasteiger partial charge in [0.2, 0.25) is 0 Å². The lowest BCUT2D eigenvalue weighted by Gasteiger charge is -2.10. The smallest absolute Gasteiger partial charge is 0.406 e. The molecular weight excluding hydrogens is 1230 g/mol. The Labute approximate surface area is 512 Å². The van der Waals surface area contributed by atoms with Gasteiger partial charge in [-0.25, -0.2) is 44.4 Å². The van der Waals surface area contributed by atoms with Gasteiger partial charge >= 0.3 is 19.1 Å². The second kappa shape index (κ2) is 30.1. The van der Waals surface area contributed by atoms with Crippen LogP contribution in [-0.4, -0.2) is 106 Å². The number of aryl methyl sites for hydroxylation is 4. The highest BCUT2D eigenvalue weighted by atomic mass is 19.4. The summed E-state index contributed by atoms with van der Waals surface area (Å²) < 4.78 is 124. The van der Waals surface area contributed by atoms with E-state index in [1.807, 2.05) is 0 Å². The van der Waals surface area contributed by atoms with Crippen LogP contribution in [0.15, 0.2) is 198 Å². The number of benzene rings is 6. The van der Waals surface area contributed by atoms with Crippen molar-refractivity contribution in [1.29, 1.82) is 0 Å². The predicted octanol–water partition coefficient (Wildman–Crippen LogP) is 10.3. The lowest BCUT2D eigenvalue weighted by atomic mass is 10.0. The van der Waals surface area contributed by atoms with Crippen molar-refractivity contribution in [2.75, 3.05) is 6.61 Å². The zero-order valence-corrected chi connectivity index (χ0v) is 46.6. The van der Waals surface area contributed by atoms with Crippen molar-refractivity contribution in [2.45, 2.75) is 58.9 Å². The van der Waals surface area contributed by atoms with Gasteiger partial charge in [0.1, 0.15) is 52.8 Å². The molecule has 92 heavy (non-hydrogen) atoms. The van der Waals surface area contributed by atoms with E-state index in [4.69, 9.17) is 5.11 Å². The Morgan fingerprint density at radius 1 is 0.413 bits per heavy atom. The maximum Gasteiger partial charge on any atom is 0.573 e. The SMILES string of the molecule is C.O=c1[nH]nnc2ccc(-c3ccc(OC(F)(F)F)cc3)cc12.O=c1c2cc(-c3ccc(OC(F)(F)F)cc3)ccc2nnn1CCc1ccncn1.O=c1c2cc(-c3ccc(OC(F)(F)F)cc3)ccc2nnn1CCc1ccncn1.OCCc1ccncn1. The Bertz CT molecular complexity index is 4360. The Balaban J connectivity index is 0.000000167. The minimum absolute atomic E-state index is 0. The van der Waals surface area contributed by atoms with Gasteiger partial charge in [-0.15, -0.1) is 54.8 Å². The van der Waals surface area contributed by atoms with E-state index in [2.05, 4.69) is 80.1 Å². The van der Waals surface area contributed by atoms with Crippen LogP contribution in [0.25, 0.3) is 66.1 Å². The number of alkyl halides is 9. The lowest BCUT2D eigenvalue weighted by molar-refractivity contribution is -0.275. The van der Waals surface area contributed by atoms with Crippen LogP contribution in [-0.2, 0) is 32.4 Å². The van der Waals surface area contributed by atoms with Crippen LogP contribution in [0.2, 0.25) is 0 Å². The summed E-state index contributed by atoms with van der Waals surface area (Å²) in [7, 11) is 0. The topological polar surface area (TPSA) is 279 Å². The zero-order valence-electron chi connectivity index (χ0n) is 46.6. The molecule has 0 amide bonds.